The van der Waals surface area contributed by atoms with Crippen LogP contribution in [0, 0.1) is 0 Å². The van der Waals surface area contributed by atoms with Crippen molar-refractivity contribution in [3.8, 4) is 0 Å². The van der Waals surface area contributed by atoms with Crippen molar-refractivity contribution in [1.29, 1.82) is 0 Å². The minimum atomic E-state index is 0.426. The van der Waals surface area contributed by atoms with E-state index in [1.807, 2.05) is 0 Å². The molecule has 0 bridgehead atoms. The predicted molar refractivity (Wildman–Crippen MR) is 57.5 cm³/mol. The molecular weight excluding hydrogens is 184 g/mol. The Morgan fingerprint density at radius 2 is 2.08 bits per heavy atom. The summed E-state index contributed by atoms with van der Waals surface area (Å²) >= 11 is 4.15. The van der Waals surface area contributed by atoms with E-state index in [9.17, 15) is 0 Å². The third kappa shape index (κ3) is 4.34. The van der Waals surface area contributed by atoms with Gasteiger partial charge in [-0.2, -0.15) is 12.6 Å². The molecule has 1 aliphatic rings. The van der Waals surface area contributed by atoms with Gasteiger partial charge in [0.2, 0.25) is 0 Å². The molecule has 0 radical (unpaired) electrons. The molecule has 78 valence electrons. The third-order valence-electron chi connectivity index (χ3n) is 2.57. The second kappa shape index (κ2) is 6.68. The lowest BCUT2D eigenvalue weighted by Crippen LogP contribution is -2.27. The minimum absolute atomic E-state index is 0.426. The van der Waals surface area contributed by atoms with Gasteiger partial charge in [-0.05, 0) is 37.9 Å². The second-order valence-corrected chi connectivity index (χ2v) is 4.04. The van der Waals surface area contributed by atoms with Gasteiger partial charge in [0.25, 0.3) is 0 Å². The first-order chi connectivity index (χ1) is 6.36. The van der Waals surface area contributed by atoms with Gasteiger partial charge in [0.1, 0.15) is 0 Å². The van der Waals surface area contributed by atoms with Crippen LogP contribution in [-0.2, 0) is 9.47 Å². The molecule has 2 nitrogen and oxygen atoms in total. The fraction of sp³-hybridized carbons (Fsp3) is 1.00. The number of rotatable bonds is 5. The maximum Gasteiger partial charge on any atom is 0.0599 e. The van der Waals surface area contributed by atoms with Crippen molar-refractivity contribution in [3.05, 3.63) is 0 Å². The molecule has 1 fully saturated rings. The maximum atomic E-state index is 5.73. The summed E-state index contributed by atoms with van der Waals surface area (Å²) in [6.07, 6.45) is 6.62. The van der Waals surface area contributed by atoms with Gasteiger partial charge in [-0.15, -0.1) is 0 Å². The van der Waals surface area contributed by atoms with E-state index >= 15 is 0 Å². The standard InChI is InChI=1S/C10H20O2S/c1-11-9-4-2-5-10(8-9)12-6-3-7-13/h9-10,13H,2-8H2,1H3. The van der Waals surface area contributed by atoms with Crippen LogP contribution in [0.1, 0.15) is 32.1 Å². The second-order valence-electron chi connectivity index (χ2n) is 3.59. The molecule has 2 atom stereocenters. The topological polar surface area (TPSA) is 18.5 Å². The summed E-state index contributed by atoms with van der Waals surface area (Å²) in [7, 11) is 1.79. The first-order valence-electron chi connectivity index (χ1n) is 5.12. The van der Waals surface area contributed by atoms with Crippen LogP contribution < -0.4 is 0 Å². The lowest BCUT2D eigenvalue weighted by molar-refractivity contribution is -0.0288. The summed E-state index contributed by atoms with van der Waals surface area (Å²) < 4.78 is 11.1. The van der Waals surface area contributed by atoms with Crippen molar-refractivity contribution in [2.45, 2.75) is 44.3 Å². The van der Waals surface area contributed by atoms with E-state index in [1.165, 1.54) is 19.3 Å². The van der Waals surface area contributed by atoms with Crippen molar-refractivity contribution in [2.24, 2.45) is 0 Å². The molecule has 1 rings (SSSR count). The largest absolute Gasteiger partial charge is 0.381 e. The van der Waals surface area contributed by atoms with E-state index in [2.05, 4.69) is 12.6 Å². The van der Waals surface area contributed by atoms with Crippen molar-refractivity contribution >= 4 is 12.6 Å². The number of thiol groups is 1. The first kappa shape index (κ1) is 11.3. The Morgan fingerprint density at radius 3 is 2.77 bits per heavy atom. The van der Waals surface area contributed by atoms with Crippen LogP contribution >= 0.6 is 12.6 Å². The zero-order chi connectivity index (χ0) is 9.52. The summed E-state index contributed by atoms with van der Waals surface area (Å²) in [5.74, 6) is 0.917. The maximum absolute atomic E-state index is 5.73. The lowest BCUT2D eigenvalue weighted by atomic mass is 9.95. The molecule has 0 amide bonds. The average Bonchev–Trinajstić information content (AvgIpc) is 2.19. The minimum Gasteiger partial charge on any atom is -0.381 e. The van der Waals surface area contributed by atoms with Gasteiger partial charge < -0.3 is 9.47 Å². The summed E-state index contributed by atoms with van der Waals surface area (Å²) in [5.41, 5.74) is 0. The zero-order valence-electron chi connectivity index (χ0n) is 8.37. The molecule has 0 heterocycles. The van der Waals surface area contributed by atoms with Crippen LogP contribution in [0.3, 0.4) is 0 Å². The molecule has 0 aromatic rings. The zero-order valence-corrected chi connectivity index (χ0v) is 9.26. The molecule has 2 unspecified atom stereocenters. The Labute approximate surface area is 86.4 Å². The number of ether oxygens (including phenoxy) is 2. The Bertz CT molecular complexity index is 130. The predicted octanol–water partition coefficient (Wildman–Crippen LogP) is 2.28. The SMILES string of the molecule is COC1CCCC(OCCCS)C1. The smallest absolute Gasteiger partial charge is 0.0599 e. The van der Waals surface area contributed by atoms with Crippen LogP contribution in [0.25, 0.3) is 0 Å². The van der Waals surface area contributed by atoms with Crippen LogP contribution in [0.2, 0.25) is 0 Å². The molecule has 0 spiro atoms. The summed E-state index contributed by atoms with van der Waals surface area (Å²) in [5, 5.41) is 0. The molecule has 1 saturated carbocycles. The summed E-state index contributed by atoms with van der Waals surface area (Å²) in [6, 6.07) is 0. The molecule has 0 N–H and O–H groups in total. The van der Waals surface area contributed by atoms with Crippen LogP contribution in [-0.4, -0.2) is 31.7 Å². The molecule has 1 aliphatic carbocycles. The highest BCUT2D eigenvalue weighted by atomic mass is 32.1. The van der Waals surface area contributed by atoms with Gasteiger partial charge in [-0.3, -0.25) is 0 Å². The molecule has 0 aromatic carbocycles. The first-order valence-corrected chi connectivity index (χ1v) is 5.75. The van der Waals surface area contributed by atoms with Gasteiger partial charge >= 0.3 is 0 Å². The van der Waals surface area contributed by atoms with E-state index in [4.69, 9.17) is 9.47 Å². The van der Waals surface area contributed by atoms with Crippen LogP contribution in [0.15, 0.2) is 0 Å². The average molecular weight is 204 g/mol. The Kier molecular flexibility index (Phi) is 5.83. The molecule has 0 aliphatic heterocycles. The molecule has 3 heteroatoms. The number of hydrogen-bond donors (Lipinski definition) is 1. The fourth-order valence-corrected chi connectivity index (χ4v) is 1.91. The quantitative estimate of drug-likeness (QED) is 0.547. The highest BCUT2D eigenvalue weighted by Gasteiger charge is 2.21. The number of hydrogen-bond acceptors (Lipinski definition) is 3. The fourth-order valence-electron chi connectivity index (χ4n) is 1.78. The normalized spacial score (nSPS) is 29.1. The van der Waals surface area contributed by atoms with E-state index in [0.717, 1.165) is 25.2 Å². The molecule has 0 saturated heterocycles. The van der Waals surface area contributed by atoms with Crippen molar-refractivity contribution in [1.82, 2.24) is 0 Å². The third-order valence-corrected chi connectivity index (χ3v) is 2.88. The summed E-state index contributed by atoms with van der Waals surface area (Å²) in [6.45, 7) is 0.852. The van der Waals surface area contributed by atoms with Crippen LogP contribution in [0.4, 0.5) is 0 Å². The van der Waals surface area contributed by atoms with Gasteiger partial charge in [-0.25, -0.2) is 0 Å². The monoisotopic (exact) mass is 204 g/mol. The Hall–Kier alpha value is 0.270. The van der Waals surface area contributed by atoms with E-state index in [-0.39, 0.29) is 0 Å². The van der Waals surface area contributed by atoms with Gasteiger partial charge in [0, 0.05) is 13.7 Å². The molecule has 13 heavy (non-hydrogen) atoms. The van der Waals surface area contributed by atoms with Gasteiger partial charge in [-0.1, -0.05) is 0 Å². The van der Waals surface area contributed by atoms with E-state index < -0.39 is 0 Å². The summed E-state index contributed by atoms with van der Waals surface area (Å²) in [4.78, 5) is 0. The van der Waals surface area contributed by atoms with Crippen molar-refractivity contribution < 1.29 is 9.47 Å². The van der Waals surface area contributed by atoms with Gasteiger partial charge in [0.15, 0.2) is 0 Å². The van der Waals surface area contributed by atoms with E-state index in [1.54, 1.807) is 7.11 Å². The van der Waals surface area contributed by atoms with Crippen molar-refractivity contribution in [3.63, 3.8) is 0 Å². The number of methoxy groups -OCH3 is 1. The Balaban J connectivity index is 2.11. The molecular formula is C10H20O2S. The van der Waals surface area contributed by atoms with E-state index in [0.29, 0.717) is 12.2 Å². The van der Waals surface area contributed by atoms with Crippen molar-refractivity contribution in [2.75, 3.05) is 19.5 Å². The molecule has 0 aromatic heterocycles. The highest BCUT2D eigenvalue weighted by molar-refractivity contribution is 7.80. The highest BCUT2D eigenvalue weighted by Crippen LogP contribution is 2.22. The lowest BCUT2D eigenvalue weighted by Gasteiger charge is -2.28. The van der Waals surface area contributed by atoms with Crippen LogP contribution in [0.5, 0.6) is 0 Å². The van der Waals surface area contributed by atoms with Gasteiger partial charge in [0.05, 0.1) is 12.2 Å². The Morgan fingerprint density at radius 1 is 1.31 bits per heavy atom.